The lowest BCUT2D eigenvalue weighted by Crippen LogP contribution is -2.32. The average molecular weight is 340 g/mol. The number of hydrogen-bond acceptors (Lipinski definition) is 5. The van der Waals surface area contributed by atoms with Gasteiger partial charge in [0.05, 0.1) is 26.3 Å². The van der Waals surface area contributed by atoms with Crippen molar-refractivity contribution in [2.75, 3.05) is 26.1 Å². The van der Waals surface area contributed by atoms with Crippen molar-refractivity contribution in [3.8, 4) is 11.5 Å². The van der Waals surface area contributed by atoms with E-state index in [2.05, 4.69) is 10.6 Å². The van der Waals surface area contributed by atoms with Crippen molar-refractivity contribution in [3.05, 3.63) is 18.2 Å². The summed E-state index contributed by atoms with van der Waals surface area (Å²) in [6, 6.07) is 5.36. The van der Waals surface area contributed by atoms with E-state index in [0.29, 0.717) is 28.8 Å². The zero-order chi connectivity index (χ0) is 17.5. The topological polar surface area (TPSA) is 68.8 Å². The van der Waals surface area contributed by atoms with Crippen molar-refractivity contribution in [1.29, 1.82) is 0 Å². The van der Waals surface area contributed by atoms with E-state index < -0.39 is 5.60 Å². The molecule has 0 heterocycles. The van der Waals surface area contributed by atoms with Gasteiger partial charge in [0.15, 0.2) is 5.11 Å². The Kier molecular flexibility index (Phi) is 7.09. The molecule has 0 radical (unpaired) electrons. The van der Waals surface area contributed by atoms with Crippen LogP contribution in [0.3, 0.4) is 0 Å². The second-order valence-corrected chi connectivity index (χ2v) is 6.19. The van der Waals surface area contributed by atoms with E-state index in [1.807, 2.05) is 20.8 Å². The Morgan fingerprint density at radius 1 is 1.22 bits per heavy atom. The van der Waals surface area contributed by atoms with Crippen LogP contribution >= 0.6 is 12.2 Å². The summed E-state index contributed by atoms with van der Waals surface area (Å²) in [5, 5.41) is 6.38. The van der Waals surface area contributed by atoms with Gasteiger partial charge in [0.1, 0.15) is 17.1 Å². The molecule has 0 aliphatic carbocycles. The van der Waals surface area contributed by atoms with Gasteiger partial charge < -0.3 is 24.8 Å². The minimum Gasteiger partial charge on any atom is -0.497 e. The van der Waals surface area contributed by atoms with Crippen molar-refractivity contribution < 1.29 is 19.0 Å². The zero-order valence-corrected chi connectivity index (χ0v) is 15.0. The molecule has 0 aromatic heterocycles. The fraction of sp³-hybridized carbons (Fsp3) is 0.500. The SMILES string of the molecule is COc1ccc(NC(=S)NCCC(=O)OC(C)(C)C)c(OC)c1. The van der Waals surface area contributed by atoms with Gasteiger partial charge in [-0.05, 0) is 45.1 Å². The van der Waals surface area contributed by atoms with Crippen LogP contribution in [0.15, 0.2) is 18.2 Å². The molecule has 23 heavy (non-hydrogen) atoms. The van der Waals surface area contributed by atoms with Crippen LogP contribution < -0.4 is 20.1 Å². The molecular formula is C16H24N2O4S. The number of rotatable bonds is 6. The van der Waals surface area contributed by atoms with E-state index in [4.69, 9.17) is 26.4 Å². The van der Waals surface area contributed by atoms with Crippen molar-refractivity contribution >= 4 is 29.0 Å². The van der Waals surface area contributed by atoms with Crippen LogP contribution in [0.4, 0.5) is 5.69 Å². The van der Waals surface area contributed by atoms with Gasteiger partial charge in [-0.15, -0.1) is 0 Å². The summed E-state index contributed by atoms with van der Waals surface area (Å²) >= 11 is 5.21. The second-order valence-electron chi connectivity index (χ2n) is 5.78. The Morgan fingerprint density at radius 2 is 1.91 bits per heavy atom. The van der Waals surface area contributed by atoms with Crippen LogP contribution in [0.25, 0.3) is 0 Å². The fourth-order valence-electron chi connectivity index (χ4n) is 1.74. The molecule has 0 saturated heterocycles. The first kappa shape index (κ1) is 19.0. The smallest absolute Gasteiger partial charge is 0.308 e. The average Bonchev–Trinajstić information content (AvgIpc) is 2.45. The second kappa shape index (κ2) is 8.57. The largest absolute Gasteiger partial charge is 0.497 e. The predicted octanol–water partition coefficient (Wildman–Crippen LogP) is 2.72. The molecule has 0 atom stereocenters. The van der Waals surface area contributed by atoms with Gasteiger partial charge in [0.2, 0.25) is 0 Å². The van der Waals surface area contributed by atoms with E-state index in [1.165, 1.54) is 0 Å². The maximum absolute atomic E-state index is 11.6. The number of anilines is 1. The van der Waals surface area contributed by atoms with Crippen LogP contribution in [-0.2, 0) is 9.53 Å². The molecule has 0 fully saturated rings. The Hall–Kier alpha value is -2.02. The maximum atomic E-state index is 11.6. The summed E-state index contributed by atoms with van der Waals surface area (Å²) in [5.74, 6) is 1.03. The van der Waals surface area contributed by atoms with E-state index >= 15 is 0 Å². The molecule has 0 bridgehead atoms. The molecular weight excluding hydrogens is 316 g/mol. The first-order chi connectivity index (χ1) is 10.7. The number of hydrogen-bond donors (Lipinski definition) is 2. The molecule has 7 heteroatoms. The Labute approximate surface area is 142 Å². The number of thiocarbonyl (C=S) groups is 1. The van der Waals surface area contributed by atoms with Gasteiger partial charge in [-0.25, -0.2) is 0 Å². The Bertz CT molecular complexity index is 556. The fourth-order valence-corrected chi connectivity index (χ4v) is 1.95. The standard InChI is InChI=1S/C16H24N2O4S/c1-16(2,3)22-14(19)8-9-17-15(23)18-12-7-6-11(20-4)10-13(12)21-5/h6-7,10H,8-9H2,1-5H3,(H2,17,18,23). The molecule has 1 aromatic rings. The van der Waals surface area contributed by atoms with Crippen LogP contribution in [0.1, 0.15) is 27.2 Å². The molecule has 0 aliphatic rings. The summed E-state index contributed by atoms with van der Waals surface area (Å²) in [6.07, 6.45) is 0.235. The van der Waals surface area contributed by atoms with Gasteiger partial charge in [-0.2, -0.15) is 0 Å². The van der Waals surface area contributed by atoms with Gasteiger partial charge in [0.25, 0.3) is 0 Å². The molecule has 0 aliphatic heterocycles. The summed E-state index contributed by atoms with van der Waals surface area (Å²) in [7, 11) is 3.16. The van der Waals surface area contributed by atoms with E-state index in [9.17, 15) is 4.79 Å². The Balaban J connectivity index is 2.47. The van der Waals surface area contributed by atoms with E-state index in [-0.39, 0.29) is 12.4 Å². The number of benzene rings is 1. The predicted molar refractivity (Wildman–Crippen MR) is 94.2 cm³/mol. The molecule has 0 spiro atoms. The summed E-state index contributed by atoms with van der Waals surface area (Å²) < 4.78 is 15.6. The third kappa shape index (κ3) is 7.19. The molecule has 0 unspecified atom stereocenters. The number of carbonyl (C=O) groups excluding carboxylic acids is 1. The molecule has 128 valence electrons. The quantitative estimate of drug-likeness (QED) is 0.609. The summed E-state index contributed by atoms with van der Waals surface area (Å²) in [5.41, 5.74) is 0.231. The highest BCUT2D eigenvalue weighted by molar-refractivity contribution is 7.80. The zero-order valence-electron chi connectivity index (χ0n) is 14.2. The van der Waals surface area contributed by atoms with Gasteiger partial charge in [-0.3, -0.25) is 4.79 Å². The first-order valence-electron chi connectivity index (χ1n) is 7.24. The summed E-state index contributed by atoms with van der Waals surface area (Å²) in [6.45, 7) is 5.89. The van der Waals surface area contributed by atoms with Gasteiger partial charge in [-0.1, -0.05) is 0 Å². The highest BCUT2D eigenvalue weighted by Gasteiger charge is 2.15. The highest BCUT2D eigenvalue weighted by atomic mass is 32.1. The molecule has 2 N–H and O–H groups in total. The van der Waals surface area contributed by atoms with E-state index in [1.54, 1.807) is 32.4 Å². The Morgan fingerprint density at radius 3 is 2.48 bits per heavy atom. The third-order valence-electron chi connectivity index (χ3n) is 2.69. The van der Waals surface area contributed by atoms with Crippen LogP contribution in [-0.4, -0.2) is 37.4 Å². The normalized spacial score (nSPS) is 10.7. The van der Waals surface area contributed by atoms with Gasteiger partial charge in [0, 0.05) is 12.6 Å². The lowest BCUT2D eigenvalue weighted by Gasteiger charge is -2.19. The minimum atomic E-state index is -0.480. The molecule has 1 aromatic carbocycles. The lowest BCUT2D eigenvalue weighted by atomic mass is 10.2. The van der Waals surface area contributed by atoms with Crippen molar-refractivity contribution in [3.63, 3.8) is 0 Å². The summed E-state index contributed by atoms with van der Waals surface area (Å²) in [4.78, 5) is 11.6. The lowest BCUT2D eigenvalue weighted by molar-refractivity contribution is -0.154. The van der Waals surface area contributed by atoms with Gasteiger partial charge >= 0.3 is 5.97 Å². The van der Waals surface area contributed by atoms with Crippen molar-refractivity contribution in [2.24, 2.45) is 0 Å². The number of methoxy groups -OCH3 is 2. The minimum absolute atomic E-state index is 0.235. The van der Waals surface area contributed by atoms with Crippen LogP contribution in [0.2, 0.25) is 0 Å². The molecule has 6 nitrogen and oxygen atoms in total. The third-order valence-corrected chi connectivity index (χ3v) is 2.94. The monoisotopic (exact) mass is 340 g/mol. The molecule has 0 amide bonds. The first-order valence-corrected chi connectivity index (χ1v) is 7.64. The molecule has 1 rings (SSSR count). The highest BCUT2D eigenvalue weighted by Crippen LogP contribution is 2.28. The number of nitrogens with one attached hydrogen (secondary N) is 2. The van der Waals surface area contributed by atoms with Crippen molar-refractivity contribution in [1.82, 2.24) is 5.32 Å². The number of carbonyl (C=O) groups is 1. The molecule has 0 saturated carbocycles. The van der Waals surface area contributed by atoms with E-state index in [0.717, 1.165) is 0 Å². The maximum Gasteiger partial charge on any atom is 0.308 e. The van der Waals surface area contributed by atoms with Crippen LogP contribution in [0.5, 0.6) is 11.5 Å². The van der Waals surface area contributed by atoms with Crippen molar-refractivity contribution in [2.45, 2.75) is 32.8 Å². The number of esters is 1. The van der Waals surface area contributed by atoms with Crippen LogP contribution in [0, 0.1) is 0 Å². The number of ether oxygens (including phenoxy) is 3.